The van der Waals surface area contributed by atoms with Crippen LogP contribution in [0.1, 0.15) is 31.7 Å². The molecule has 1 heterocycles. The van der Waals surface area contributed by atoms with E-state index in [0.29, 0.717) is 37.1 Å². The Hall–Kier alpha value is -1.80. The van der Waals surface area contributed by atoms with Crippen molar-refractivity contribution in [2.24, 2.45) is 5.73 Å². The Labute approximate surface area is 183 Å². The Bertz CT molecular complexity index is 1000. The van der Waals surface area contributed by atoms with E-state index in [-0.39, 0.29) is 42.9 Å². The molecule has 2 N–H and O–H groups in total. The number of piperidine rings is 1. The van der Waals surface area contributed by atoms with Gasteiger partial charge in [0.15, 0.2) is 0 Å². The van der Waals surface area contributed by atoms with Crippen LogP contribution >= 0.6 is 0 Å². The highest BCUT2D eigenvalue weighted by Gasteiger charge is 2.34. The molecule has 11 nitrogen and oxygen atoms in total. The lowest BCUT2D eigenvalue weighted by atomic mass is 10.1. The van der Waals surface area contributed by atoms with Crippen molar-refractivity contribution < 1.29 is 25.9 Å². The lowest BCUT2D eigenvalue weighted by Crippen LogP contribution is -2.43. The number of benzene rings is 1. The summed E-state index contributed by atoms with van der Waals surface area (Å²) in [7, 11) is -7.70. The summed E-state index contributed by atoms with van der Waals surface area (Å²) in [5.74, 6) is 0. The van der Waals surface area contributed by atoms with Crippen molar-refractivity contribution in [1.82, 2.24) is 4.31 Å². The van der Waals surface area contributed by atoms with Gasteiger partial charge in [0.2, 0.25) is 10.0 Å². The monoisotopic (exact) mass is 478 g/mol. The predicted molar refractivity (Wildman–Crippen MR) is 117 cm³/mol. The van der Waals surface area contributed by atoms with Crippen LogP contribution < -0.4 is 10.6 Å². The molecule has 0 saturated carbocycles. The molecule has 0 bridgehead atoms. The number of nitrogens with zero attached hydrogens (tertiary/aromatic N) is 3. The molecule has 0 spiro atoms. The van der Waals surface area contributed by atoms with E-state index in [1.807, 2.05) is 6.92 Å². The summed E-state index contributed by atoms with van der Waals surface area (Å²) in [6, 6.07) is 2.31. The third-order valence-corrected chi connectivity index (χ3v) is 7.55. The fraction of sp³-hybridized carbons (Fsp3) is 0.667. The first-order valence-electron chi connectivity index (χ1n) is 10.0. The van der Waals surface area contributed by atoms with Gasteiger partial charge in [-0.3, -0.25) is 14.3 Å². The molecule has 1 aromatic rings. The van der Waals surface area contributed by atoms with E-state index in [9.17, 15) is 26.9 Å². The van der Waals surface area contributed by atoms with Crippen LogP contribution in [0.25, 0.3) is 0 Å². The molecule has 0 unspecified atom stereocenters. The fourth-order valence-electron chi connectivity index (χ4n) is 3.60. The molecule has 31 heavy (non-hydrogen) atoms. The predicted octanol–water partition coefficient (Wildman–Crippen LogP) is 1.21. The van der Waals surface area contributed by atoms with E-state index in [0.717, 1.165) is 12.3 Å². The Balaban J connectivity index is 2.55. The summed E-state index contributed by atoms with van der Waals surface area (Å²) in [5, 5.41) is 11.4. The number of nitrogens with two attached hydrogens (primary N) is 1. The van der Waals surface area contributed by atoms with E-state index in [4.69, 9.17) is 9.92 Å². The third-order valence-electron chi connectivity index (χ3n) is 5.05. The SMILES string of the molecule is CCCN(CCOS(C)(=O)=O)c1c(C)cc([N+](=O)[O-])cc1S(=O)(=O)N1CCC(N)CC1. The number of aryl methyl sites for hydroxylation is 1. The summed E-state index contributed by atoms with van der Waals surface area (Å²) < 4.78 is 55.8. The quantitative estimate of drug-likeness (QED) is 0.297. The normalized spacial score (nSPS) is 16.4. The average Bonchev–Trinajstić information content (AvgIpc) is 2.66. The summed E-state index contributed by atoms with van der Waals surface area (Å²) in [5.41, 5.74) is 6.30. The molecule has 2 rings (SSSR count). The van der Waals surface area contributed by atoms with Crippen LogP contribution in [-0.2, 0) is 24.3 Å². The van der Waals surface area contributed by atoms with Crippen LogP contribution in [0, 0.1) is 17.0 Å². The first-order chi connectivity index (χ1) is 14.4. The van der Waals surface area contributed by atoms with Crippen molar-refractivity contribution in [2.75, 3.05) is 43.9 Å². The second kappa shape index (κ2) is 10.2. The maximum absolute atomic E-state index is 13.5. The molecule has 0 aromatic heterocycles. The number of sulfonamides is 1. The van der Waals surface area contributed by atoms with E-state index in [1.165, 1.54) is 10.4 Å². The molecule has 176 valence electrons. The van der Waals surface area contributed by atoms with Crippen molar-refractivity contribution in [1.29, 1.82) is 0 Å². The smallest absolute Gasteiger partial charge is 0.271 e. The minimum absolute atomic E-state index is 0.0810. The molecule has 0 aliphatic carbocycles. The van der Waals surface area contributed by atoms with E-state index in [1.54, 1.807) is 11.8 Å². The minimum atomic E-state index is -4.04. The van der Waals surface area contributed by atoms with Gasteiger partial charge in [-0.1, -0.05) is 6.92 Å². The van der Waals surface area contributed by atoms with Gasteiger partial charge in [-0.05, 0) is 31.7 Å². The van der Waals surface area contributed by atoms with Crippen LogP contribution in [0.5, 0.6) is 0 Å². The molecule has 0 radical (unpaired) electrons. The zero-order valence-corrected chi connectivity index (χ0v) is 19.6. The van der Waals surface area contributed by atoms with Gasteiger partial charge in [-0.2, -0.15) is 12.7 Å². The van der Waals surface area contributed by atoms with Crippen LogP contribution in [0.4, 0.5) is 11.4 Å². The van der Waals surface area contributed by atoms with Gasteiger partial charge >= 0.3 is 0 Å². The van der Waals surface area contributed by atoms with Gasteiger partial charge in [0.25, 0.3) is 15.8 Å². The Morgan fingerprint density at radius 2 is 1.84 bits per heavy atom. The van der Waals surface area contributed by atoms with E-state index < -0.39 is 25.1 Å². The van der Waals surface area contributed by atoms with Crippen molar-refractivity contribution in [3.63, 3.8) is 0 Å². The maximum Gasteiger partial charge on any atom is 0.271 e. The zero-order valence-electron chi connectivity index (χ0n) is 18.0. The number of non-ortho nitro benzene ring substituents is 1. The lowest BCUT2D eigenvalue weighted by Gasteiger charge is -2.32. The van der Waals surface area contributed by atoms with E-state index >= 15 is 0 Å². The van der Waals surface area contributed by atoms with E-state index in [2.05, 4.69) is 0 Å². The van der Waals surface area contributed by atoms with Crippen LogP contribution in [0.3, 0.4) is 0 Å². The molecular formula is C18H30N4O7S2. The molecule has 13 heteroatoms. The third kappa shape index (κ3) is 6.59. The van der Waals surface area contributed by atoms with Crippen molar-refractivity contribution in [2.45, 2.75) is 44.0 Å². The molecule has 0 amide bonds. The van der Waals surface area contributed by atoms with Gasteiger partial charge in [-0.15, -0.1) is 0 Å². The summed E-state index contributed by atoms with van der Waals surface area (Å²) in [6.07, 6.45) is 2.59. The van der Waals surface area contributed by atoms with Crippen LogP contribution in [0.2, 0.25) is 0 Å². The summed E-state index contributed by atoms with van der Waals surface area (Å²) in [6.45, 7) is 4.31. The summed E-state index contributed by atoms with van der Waals surface area (Å²) in [4.78, 5) is 12.3. The van der Waals surface area contributed by atoms with Gasteiger partial charge in [0, 0.05) is 44.4 Å². The molecule has 1 aliphatic rings. The topological polar surface area (TPSA) is 153 Å². The maximum atomic E-state index is 13.5. The highest BCUT2D eigenvalue weighted by molar-refractivity contribution is 7.89. The Morgan fingerprint density at radius 3 is 2.35 bits per heavy atom. The van der Waals surface area contributed by atoms with Crippen molar-refractivity contribution in [3.05, 3.63) is 27.8 Å². The van der Waals surface area contributed by atoms with Gasteiger partial charge < -0.3 is 10.6 Å². The molecule has 1 fully saturated rings. The number of rotatable bonds is 10. The standard InChI is InChI=1S/C18H30N4O7S2/c1-4-7-20(10-11-29-30(3,25)26)18-14(2)12-16(22(23)24)13-17(18)31(27,28)21-8-5-15(19)6-9-21/h12-13,15H,4-11,19H2,1-3H3. The largest absolute Gasteiger partial charge is 0.368 e. The first kappa shape index (κ1) is 25.5. The molecule has 0 atom stereocenters. The van der Waals surface area contributed by atoms with Gasteiger partial charge in [0.1, 0.15) is 4.90 Å². The number of anilines is 1. The lowest BCUT2D eigenvalue weighted by molar-refractivity contribution is -0.385. The summed E-state index contributed by atoms with van der Waals surface area (Å²) >= 11 is 0. The molecule has 1 aromatic carbocycles. The minimum Gasteiger partial charge on any atom is -0.368 e. The van der Waals surface area contributed by atoms with Crippen molar-refractivity contribution >= 4 is 31.5 Å². The van der Waals surface area contributed by atoms with Crippen LogP contribution in [0.15, 0.2) is 17.0 Å². The first-order valence-corrected chi connectivity index (χ1v) is 13.3. The second-order valence-electron chi connectivity index (χ2n) is 7.62. The number of nitro groups is 1. The fourth-order valence-corrected chi connectivity index (χ4v) is 5.75. The number of hydrogen-bond donors (Lipinski definition) is 1. The van der Waals surface area contributed by atoms with Gasteiger partial charge in [-0.25, -0.2) is 8.42 Å². The van der Waals surface area contributed by atoms with Crippen molar-refractivity contribution in [3.8, 4) is 0 Å². The number of nitro benzene ring substituents is 1. The van der Waals surface area contributed by atoms with Crippen LogP contribution in [-0.4, -0.2) is 71.1 Å². The molecular weight excluding hydrogens is 448 g/mol. The highest BCUT2D eigenvalue weighted by Crippen LogP contribution is 2.36. The Kier molecular flexibility index (Phi) is 8.39. The second-order valence-corrected chi connectivity index (χ2v) is 11.2. The highest BCUT2D eigenvalue weighted by atomic mass is 32.2. The van der Waals surface area contributed by atoms with Gasteiger partial charge in [0.05, 0.1) is 23.5 Å². The average molecular weight is 479 g/mol. The number of hydrogen-bond acceptors (Lipinski definition) is 9. The molecule has 1 aliphatic heterocycles. The zero-order chi connectivity index (χ0) is 23.4. The molecule has 1 saturated heterocycles. The Morgan fingerprint density at radius 1 is 1.23 bits per heavy atom.